The second kappa shape index (κ2) is 3.51. The van der Waals surface area contributed by atoms with E-state index in [1.807, 2.05) is 18.2 Å². The zero-order chi connectivity index (χ0) is 8.32. The van der Waals surface area contributed by atoms with Gasteiger partial charge in [0.15, 0.2) is 0 Å². The van der Waals surface area contributed by atoms with Gasteiger partial charge in [0.2, 0.25) is 0 Å². The predicted molar refractivity (Wildman–Crippen MR) is 52.9 cm³/mol. The van der Waals surface area contributed by atoms with Crippen LogP contribution in [0.25, 0.3) is 0 Å². The molecule has 0 radical (unpaired) electrons. The maximum absolute atomic E-state index is 5.74. The van der Waals surface area contributed by atoms with Crippen LogP contribution in [0.4, 0.5) is 0 Å². The molecule has 0 N–H and O–H groups in total. The van der Waals surface area contributed by atoms with Crippen LogP contribution in [-0.2, 0) is 4.75 Å². The maximum atomic E-state index is 5.74. The van der Waals surface area contributed by atoms with Crippen molar-refractivity contribution in [3.05, 3.63) is 35.9 Å². The molecule has 0 fully saturated rings. The van der Waals surface area contributed by atoms with E-state index in [0.717, 1.165) is 0 Å². The van der Waals surface area contributed by atoms with Crippen LogP contribution < -0.4 is 0 Å². The van der Waals surface area contributed by atoms with Gasteiger partial charge in [-0.3, -0.25) is 0 Å². The molecule has 2 heteroatoms. The molecule has 1 aromatic carbocycles. The Hall–Kier alpha value is -0.140. The second-order valence-corrected chi connectivity index (χ2v) is 4.59. The second-order valence-electron chi connectivity index (χ2n) is 2.95. The molecule has 60 valence electrons. The highest BCUT2D eigenvalue weighted by Crippen LogP contribution is 2.37. The van der Waals surface area contributed by atoms with E-state index in [1.54, 1.807) is 0 Å². The lowest BCUT2D eigenvalue weighted by molar-refractivity contribution is 0.789. The molecule has 0 heterocycles. The first-order valence-electron chi connectivity index (χ1n) is 3.52. The van der Waals surface area contributed by atoms with Crippen LogP contribution in [0.15, 0.2) is 30.3 Å². The minimum Gasteiger partial charge on any atom is -0.0622 e. The van der Waals surface area contributed by atoms with Gasteiger partial charge in [-0.1, -0.05) is 30.3 Å². The van der Waals surface area contributed by atoms with Gasteiger partial charge >= 0.3 is 0 Å². The third-order valence-corrected chi connectivity index (χ3v) is 3.44. The molecule has 0 amide bonds. The highest BCUT2D eigenvalue weighted by molar-refractivity contribution is 8.21. The SMILES string of the molecule is CC(C)(SCl)c1ccccc1. The third kappa shape index (κ3) is 2.14. The highest BCUT2D eigenvalue weighted by Gasteiger charge is 2.19. The summed E-state index contributed by atoms with van der Waals surface area (Å²) in [4.78, 5) is 0. The summed E-state index contributed by atoms with van der Waals surface area (Å²) in [6.45, 7) is 4.22. The normalized spacial score (nSPS) is 11.5. The Balaban J connectivity index is 2.93. The summed E-state index contributed by atoms with van der Waals surface area (Å²) in [5, 5.41) is 0. The molecule has 0 bridgehead atoms. The minimum absolute atomic E-state index is 0.0167. The Morgan fingerprint density at radius 2 is 1.73 bits per heavy atom. The van der Waals surface area contributed by atoms with Crippen molar-refractivity contribution in [3.63, 3.8) is 0 Å². The molecular weight excluding hydrogens is 176 g/mol. The van der Waals surface area contributed by atoms with Gasteiger partial charge in [0.05, 0.1) is 4.75 Å². The zero-order valence-electron chi connectivity index (χ0n) is 6.67. The van der Waals surface area contributed by atoms with E-state index in [0.29, 0.717) is 0 Å². The van der Waals surface area contributed by atoms with Crippen LogP contribution in [0.2, 0.25) is 0 Å². The van der Waals surface area contributed by atoms with Crippen LogP contribution in [0, 0.1) is 0 Å². The first-order valence-corrected chi connectivity index (χ1v) is 5.16. The number of benzene rings is 1. The first kappa shape index (κ1) is 8.95. The van der Waals surface area contributed by atoms with Gasteiger partial charge in [-0.05, 0) is 41.1 Å². The largest absolute Gasteiger partial charge is 0.0622 e. The van der Waals surface area contributed by atoms with E-state index in [2.05, 4.69) is 26.0 Å². The summed E-state index contributed by atoms with van der Waals surface area (Å²) in [5.74, 6) is 0. The Morgan fingerprint density at radius 1 is 1.18 bits per heavy atom. The summed E-state index contributed by atoms with van der Waals surface area (Å²) in [5.41, 5.74) is 1.26. The standard InChI is InChI=1S/C9H11ClS/c1-9(2,11-10)8-6-4-3-5-7-8/h3-7H,1-2H3. The van der Waals surface area contributed by atoms with Crippen LogP contribution in [0.1, 0.15) is 19.4 Å². The smallest absolute Gasteiger partial charge is 0.0503 e. The molecule has 0 aromatic heterocycles. The van der Waals surface area contributed by atoms with Crippen molar-refractivity contribution in [1.82, 2.24) is 0 Å². The fourth-order valence-electron chi connectivity index (χ4n) is 0.884. The van der Waals surface area contributed by atoms with Gasteiger partial charge in [0.1, 0.15) is 0 Å². The summed E-state index contributed by atoms with van der Waals surface area (Å²) in [6, 6.07) is 10.3. The summed E-state index contributed by atoms with van der Waals surface area (Å²) < 4.78 is 0.0167. The van der Waals surface area contributed by atoms with Gasteiger partial charge < -0.3 is 0 Å². The lowest BCUT2D eigenvalue weighted by atomic mass is 10.0. The quantitative estimate of drug-likeness (QED) is 0.677. The van der Waals surface area contributed by atoms with Gasteiger partial charge in [0, 0.05) is 0 Å². The average Bonchev–Trinajstić information content (AvgIpc) is 2.06. The van der Waals surface area contributed by atoms with Gasteiger partial charge in [-0.15, -0.1) is 0 Å². The van der Waals surface area contributed by atoms with Crippen molar-refractivity contribution in [2.45, 2.75) is 18.6 Å². The van der Waals surface area contributed by atoms with E-state index < -0.39 is 0 Å². The molecule has 0 saturated carbocycles. The number of halogens is 1. The van der Waals surface area contributed by atoms with Gasteiger partial charge in [-0.25, -0.2) is 0 Å². The van der Waals surface area contributed by atoms with Crippen molar-refractivity contribution >= 4 is 21.7 Å². The van der Waals surface area contributed by atoms with Crippen LogP contribution in [0.3, 0.4) is 0 Å². The molecule has 0 aliphatic heterocycles. The van der Waals surface area contributed by atoms with Crippen molar-refractivity contribution in [2.24, 2.45) is 0 Å². The Labute approximate surface area is 76.5 Å². The van der Waals surface area contributed by atoms with Gasteiger partial charge in [-0.2, -0.15) is 0 Å². The number of hydrogen-bond acceptors (Lipinski definition) is 1. The van der Waals surface area contributed by atoms with E-state index in [9.17, 15) is 0 Å². The van der Waals surface area contributed by atoms with E-state index in [-0.39, 0.29) is 4.75 Å². The average molecular weight is 187 g/mol. The molecule has 0 spiro atoms. The predicted octanol–water partition coefficient (Wildman–Crippen LogP) is 3.81. The zero-order valence-corrected chi connectivity index (χ0v) is 8.25. The van der Waals surface area contributed by atoms with Crippen molar-refractivity contribution in [3.8, 4) is 0 Å². The summed E-state index contributed by atoms with van der Waals surface area (Å²) >= 11 is 0. The lowest BCUT2D eigenvalue weighted by Crippen LogP contribution is -2.08. The van der Waals surface area contributed by atoms with Crippen LogP contribution >= 0.6 is 21.7 Å². The Morgan fingerprint density at radius 3 is 2.18 bits per heavy atom. The summed E-state index contributed by atoms with van der Waals surface area (Å²) in [6.07, 6.45) is 0. The fourth-order valence-corrected chi connectivity index (χ4v) is 1.38. The molecule has 0 aliphatic carbocycles. The molecular formula is C9H11ClS. The topological polar surface area (TPSA) is 0 Å². The Kier molecular flexibility index (Phi) is 2.85. The van der Waals surface area contributed by atoms with Crippen LogP contribution in [-0.4, -0.2) is 0 Å². The van der Waals surface area contributed by atoms with Gasteiger partial charge in [0.25, 0.3) is 0 Å². The molecule has 1 rings (SSSR count). The van der Waals surface area contributed by atoms with E-state index in [1.165, 1.54) is 16.5 Å². The van der Waals surface area contributed by atoms with E-state index in [4.69, 9.17) is 10.7 Å². The molecule has 11 heavy (non-hydrogen) atoms. The van der Waals surface area contributed by atoms with Crippen LogP contribution in [0.5, 0.6) is 0 Å². The molecule has 0 atom stereocenters. The maximum Gasteiger partial charge on any atom is 0.0503 e. The number of rotatable bonds is 2. The van der Waals surface area contributed by atoms with Crippen molar-refractivity contribution in [2.75, 3.05) is 0 Å². The highest BCUT2D eigenvalue weighted by atomic mass is 35.7. The molecule has 0 saturated heterocycles. The van der Waals surface area contributed by atoms with Crippen molar-refractivity contribution < 1.29 is 0 Å². The monoisotopic (exact) mass is 186 g/mol. The van der Waals surface area contributed by atoms with Crippen molar-refractivity contribution in [1.29, 1.82) is 0 Å². The summed E-state index contributed by atoms with van der Waals surface area (Å²) in [7, 11) is 7.10. The molecule has 0 unspecified atom stereocenters. The molecule has 1 aromatic rings. The minimum atomic E-state index is 0.0167. The number of hydrogen-bond donors (Lipinski definition) is 0. The molecule has 0 aliphatic rings. The van der Waals surface area contributed by atoms with E-state index >= 15 is 0 Å². The first-order chi connectivity index (χ1) is 5.17. The Bertz CT molecular complexity index is 218. The third-order valence-electron chi connectivity index (χ3n) is 1.66. The molecule has 0 nitrogen and oxygen atoms in total. The lowest BCUT2D eigenvalue weighted by Gasteiger charge is -2.20. The fraction of sp³-hybridized carbons (Fsp3) is 0.333.